The second kappa shape index (κ2) is 4.94. The molecule has 1 aliphatic carbocycles. The van der Waals surface area contributed by atoms with Crippen LogP contribution < -0.4 is 11.1 Å². The Morgan fingerprint density at radius 2 is 2.10 bits per heavy atom. The van der Waals surface area contributed by atoms with Gasteiger partial charge in [0.25, 0.3) is 11.6 Å². The summed E-state index contributed by atoms with van der Waals surface area (Å²) in [5.41, 5.74) is 5.23. The van der Waals surface area contributed by atoms with Crippen molar-refractivity contribution in [3.63, 3.8) is 0 Å². The van der Waals surface area contributed by atoms with Crippen LogP contribution in [0, 0.1) is 16.0 Å². The van der Waals surface area contributed by atoms with E-state index in [1.807, 2.05) is 13.8 Å². The predicted octanol–water partition coefficient (Wildman–Crippen LogP) is 2.75. The molecule has 7 heteroatoms. The quantitative estimate of drug-likeness (QED) is 0.507. The Labute approximate surface area is 121 Å². The van der Waals surface area contributed by atoms with Crippen molar-refractivity contribution < 1.29 is 9.72 Å². The highest BCUT2D eigenvalue weighted by Crippen LogP contribution is 2.39. The minimum absolute atomic E-state index is 0.00794. The summed E-state index contributed by atoms with van der Waals surface area (Å²) in [7, 11) is 0. The van der Waals surface area contributed by atoms with Crippen molar-refractivity contribution in [2.45, 2.75) is 32.2 Å². The summed E-state index contributed by atoms with van der Waals surface area (Å²) in [6.07, 6.45) is 2.14. The first-order valence-electron chi connectivity index (χ1n) is 6.28. The lowest BCUT2D eigenvalue weighted by molar-refractivity contribution is -0.384. The second-order valence-corrected chi connectivity index (χ2v) is 6.00. The Morgan fingerprint density at radius 1 is 1.50 bits per heavy atom. The molecule has 1 aromatic rings. The van der Waals surface area contributed by atoms with Crippen LogP contribution in [-0.2, 0) is 0 Å². The van der Waals surface area contributed by atoms with E-state index in [4.69, 9.17) is 17.3 Å². The molecule has 3 N–H and O–H groups in total. The first-order valence-corrected chi connectivity index (χ1v) is 6.66. The van der Waals surface area contributed by atoms with E-state index in [2.05, 4.69) is 5.32 Å². The lowest BCUT2D eigenvalue weighted by Crippen LogP contribution is -2.45. The number of carbonyl (C=O) groups is 1. The number of anilines is 1. The van der Waals surface area contributed by atoms with Gasteiger partial charge in [-0.05, 0) is 32.6 Å². The van der Waals surface area contributed by atoms with Gasteiger partial charge < -0.3 is 11.1 Å². The number of nitrogens with two attached hydrogens (primary N) is 1. The zero-order valence-corrected chi connectivity index (χ0v) is 12.0. The molecule has 0 spiro atoms. The fourth-order valence-electron chi connectivity index (χ4n) is 2.16. The molecule has 0 saturated heterocycles. The molecule has 0 unspecified atom stereocenters. The molecule has 0 radical (unpaired) electrons. The number of amides is 1. The van der Waals surface area contributed by atoms with Crippen LogP contribution in [0.2, 0.25) is 5.02 Å². The average Bonchev–Trinajstić information content (AvgIpc) is 3.15. The number of rotatable bonds is 4. The van der Waals surface area contributed by atoms with Crippen molar-refractivity contribution in [2.75, 3.05) is 5.73 Å². The van der Waals surface area contributed by atoms with Gasteiger partial charge in [-0.3, -0.25) is 14.9 Å². The largest absolute Gasteiger partial charge is 0.397 e. The van der Waals surface area contributed by atoms with E-state index in [1.165, 1.54) is 0 Å². The standard InChI is InChI=1S/C13H16ClN3O3/c1-13(2,7-3-4-7)16-12(18)9-5-8(17(19)20)6-10(14)11(9)15/h5-7H,3-4,15H2,1-2H3,(H,16,18). The summed E-state index contributed by atoms with van der Waals surface area (Å²) in [5.74, 6) is -0.00755. The Bertz CT molecular complexity index is 582. The first kappa shape index (κ1) is 14.6. The average molecular weight is 298 g/mol. The van der Waals surface area contributed by atoms with Crippen LogP contribution in [-0.4, -0.2) is 16.4 Å². The van der Waals surface area contributed by atoms with Gasteiger partial charge in [-0.15, -0.1) is 0 Å². The number of nitrogens with one attached hydrogen (secondary N) is 1. The fourth-order valence-corrected chi connectivity index (χ4v) is 2.38. The molecule has 0 aromatic heterocycles. The Balaban J connectivity index is 2.31. The van der Waals surface area contributed by atoms with Crippen LogP contribution in [0.15, 0.2) is 12.1 Å². The fraction of sp³-hybridized carbons (Fsp3) is 0.462. The normalized spacial score (nSPS) is 14.9. The minimum atomic E-state index is -0.603. The number of non-ortho nitro benzene ring substituents is 1. The molecule has 1 aliphatic rings. The molecular formula is C13H16ClN3O3. The zero-order valence-electron chi connectivity index (χ0n) is 11.3. The number of benzene rings is 1. The van der Waals surface area contributed by atoms with E-state index in [9.17, 15) is 14.9 Å². The summed E-state index contributed by atoms with van der Waals surface area (Å²) < 4.78 is 0. The molecule has 0 bridgehead atoms. The number of nitrogens with zero attached hydrogens (tertiary/aromatic N) is 1. The van der Waals surface area contributed by atoms with Crippen molar-refractivity contribution in [3.8, 4) is 0 Å². The number of halogens is 1. The van der Waals surface area contributed by atoms with Crippen LogP contribution in [0.4, 0.5) is 11.4 Å². The van der Waals surface area contributed by atoms with Crippen molar-refractivity contribution in [2.24, 2.45) is 5.92 Å². The molecule has 1 amide bonds. The maximum Gasteiger partial charge on any atom is 0.271 e. The molecular weight excluding hydrogens is 282 g/mol. The zero-order chi connectivity index (χ0) is 15.1. The minimum Gasteiger partial charge on any atom is -0.397 e. The van der Waals surface area contributed by atoms with E-state index in [1.54, 1.807) is 0 Å². The van der Waals surface area contributed by atoms with Gasteiger partial charge >= 0.3 is 0 Å². The van der Waals surface area contributed by atoms with Gasteiger partial charge in [0.05, 0.1) is 21.2 Å². The molecule has 108 valence electrons. The molecule has 1 saturated carbocycles. The van der Waals surface area contributed by atoms with E-state index >= 15 is 0 Å². The second-order valence-electron chi connectivity index (χ2n) is 5.60. The number of hydrogen-bond acceptors (Lipinski definition) is 4. The van der Waals surface area contributed by atoms with Gasteiger partial charge in [-0.25, -0.2) is 0 Å². The third-order valence-corrected chi connectivity index (χ3v) is 3.92. The van der Waals surface area contributed by atoms with E-state index < -0.39 is 10.8 Å². The van der Waals surface area contributed by atoms with Gasteiger partial charge in [0.1, 0.15) is 0 Å². The smallest absolute Gasteiger partial charge is 0.271 e. The molecule has 6 nitrogen and oxygen atoms in total. The van der Waals surface area contributed by atoms with Gasteiger partial charge in [0.2, 0.25) is 0 Å². The highest BCUT2D eigenvalue weighted by atomic mass is 35.5. The first-order chi connectivity index (χ1) is 9.22. The molecule has 0 atom stereocenters. The topological polar surface area (TPSA) is 98.3 Å². The molecule has 0 heterocycles. The lowest BCUT2D eigenvalue weighted by Gasteiger charge is -2.26. The van der Waals surface area contributed by atoms with Gasteiger partial charge in [-0.2, -0.15) is 0 Å². The summed E-state index contributed by atoms with van der Waals surface area (Å²) >= 11 is 5.84. The van der Waals surface area contributed by atoms with Crippen molar-refractivity contribution >= 4 is 28.9 Å². The Hall–Kier alpha value is -1.82. The van der Waals surface area contributed by atoms with E-state index in [0.29, 0.717) is 5.92 Å². The van der Waals surface area contributed by atoms with Gasteiger partial charge in [0.15, 0.2) is 0 Å². The number of nitro groups is 1. The van der Waals surface area contributed by atoms with Gasteiger partial charge in [0, 0.05) is 17.7 Å². The maximum atomic E-state index is 12.3. The number of nitro benzene ring substituents is 1. The van der Waals surface area contributed by atoms with Gasteiger partial charge in [-0.1, -0.05) is 11.6 Å². The van der Waals surface area contributed by atoms with Crippen LogP contribution in [0.25, 0.3) is 0 Å². The lowest BCUT2D eigenvalue weighted by atomic mass is 9.98. The number of nitrogen functional groups attached to an aromatic ring is 1. The number of hydrogen-bond donors (Lipinski definition) is 2. The molecule has 0 aliphatic heterocycles. The Morgan fingerprint density at radius 3 is 2.60 bits per heavy atom. The van der Waals surface area contributed by atoms with E-state index in [-0.39, 0.29) is 27.5 Å². The van der Waals surface area contributed by atoms with Crippen LogP contribution in [0.1, 0.15) is 37.0 Å². The van der Waals surface area contributed by atoms with Crippen LogP contribution in [0.3, 0.4) is 0 Å². The summed E-state index contributed by atoms with van der Waals surface area (Å²) in [5, 5.41) is 13.7. The van der Waals surface area contributed by atoms with Crippen molar-refractivity contribution in [1.29, 1.82) is 0 Å². The molecule has 2 rings (SSSR count). The third kappa shape index (κ3) is 2.85. The predicted molar refractivity (Wildman–Crippen MR) is 76.8 cm³/mol. The maximum absolute atomic E-state index is 12.3. The monoisotopic (exact) mass is 297 g/mol. The van der Waals surface area contributed by atoms with Crippen molar-refractivity contribution in [1.82, 2.24) is 5.32 Å². The molecule has 20 heavy (non-hydrogen) atoms. The SMILES string of the molecule is CC(C)(NC(=O)c1cc([N+](=O)[O-])cc(Cl)c1N)C1CC1. The summed E-state index contributed by atoms with van der Waals surface area (Å²) in [4.78, 5) is 22.5. The molecule has 1 fully saturated rings. The van der Waals surface area contributed by atoms with Crippen molar-refractivity contribution in [3.05, 3.63) is 32.8 Å². The van der Waals surface area contributed by atoms with Crippen LogP contribution >= 0.6 is 11.6 Å². The van der Waals surface area contributed by atoms with E-state index in [0.717, 1.165) is 25.0 Å². The molecule has 1 aromatic carbocycles. The third-order valence-electron chi connectivity index (χ3n) is 3.60. The number of carbonyl (C=O) groups excluding carboxylic acids is 1. The highest BCUT2D eigenvalue weighted by molar-refractivity contribution is 6.34. The highest BCUT2D eigenvalue weighted by Gasteiger charge is 2.39. The Kier molecular flexibility index (Phi) is 3.60. The van der Waals surface area contributed by atoms with Crippen LogP contribution in [0.5, 0.6) is 0 Å². The summed E-state index contributed by atoms with van der Waals surface area (Å²) in [6, 6.07) is 2.29. The summed E-state index contributed by atoms with van der Waals surface area (Å²) in [6.45, 7) is 3.86.